The largest absolute Gasteiger partial charge is 0.368 e. The topological polar surface area (TPSA) is 117 Å². The van der Waals surface area contributed by atoms with E-state index in [9.17, 15) is 18.8 Å². The maximum Gasteiger partial charge on any atom is 0.267 e. The normalized spacial score (nSPS) is 15.4. The Hall–Kier alpha value is -3.75. The third-order valence-electron chi connectivity index (χ3n) is 4.85. The van der Waals surface area contributed by atoms with Gasteiger partial charge in [0.15, 0.2) is 0 Å². The van der Waals surface area contributed by atoms with Gasteiger partial charge in [0.05, 0.1) is 5.69 Å². The minimum absolute atomic E-state index is 0.0455. The van der Waals surface area contributed by atoms with Crippen LogP contribution in [0.2, 0.25) is 0 Å². The fraction of sp³-hybridized carbons (Fsp3) is 0.304. The van der Waals surface area contributed by atoms with E-state index < -0.39 is 23.7 Å². The lowest BCUT2D eigenvalue weighted by Crippen LogP contribution is -2.39. The molecule has 168 valence electrons. The highest BCUT2D eigenvalue weighted by molar-refractivity contribution is 6.40. The van der Waals surface area contributed by atoms with Crippen molar-refractivity contribution in [2.24, 2.45) is 16.8 Å². The highest BCUT2D eigenvalue weighted by Gasteiger charge is 2.34. The van der Waals surface area contributed by atoms with Crippen LogP contribution < -0.4 is 21.4 Å². The average molecular weight is 439 g/mol. The molecule has 1 aliphatic heterocycles. The number of amides is 3. The standard InChI is InChI=1S/C23H26FN5O3/c1-14(2)10-21(30)27-17-5-3-4-15(11-17)13-26-23(32)19-12-20(22(25)31)29(28-19)18-8-6-16(24)7-9-18/h3-9,11,14,20H,10,12-13H2,1-2H3,(H2,25,31)(H,26,32)(H,27,30). The number of rotatable bonds is 8. The van der Waals surface area contributed by atoms with Crippen LogP contribution in [0.25, 0.3) is 0 Å². The van der Waals surface area contributed by atoms with Crippen molar-refractivity contribution in [2.75, 3.05) is 10.3 Å². The van der Waals surface area contributed by atoms with Gasteiger partial charge in [-0.05, 0) is 47.9 Å². The first-order valence-corrected chi connectivity index (χ1v) is 10.3. The van der Waals surface area contributed by atoms with Gasteiger partial charge in [0.2, 0.25) is 11.8 Å². The molecule has 0 aromatic heterocycles. The molecule has 2 aromatic carbocycles. The number of hydrogen-bond acceptors (Lipinski definition) is 5. The van der Waals surface area contributed by atoms with E-state index in [1.807, 2.05) is 19.9 Å². The first-order chi connectivity index (χ1) is 15.2. The third-order valence-corrected chi connectivity index (χ3v) is 4.85. The first kappa shape index (κ1) is 22.9. The monoisotopic (exact) mass is 439 g/mol. The molecule has 0 bridgehead atoms. The van der Waals surface area contributed by atoms with Crippen molar-refractivity contribution in [3.63, 3.8) is 0 Å². The van der Waals surface area contributed by atoms with Crippen LogP contribution in [0.1, 0.15) is 32.3 Å². The number of carbonyl (C=O) groups is 3. The Morgan fingerprint density at radius 2 is 1.91 bits per heavy atom. The Kier molecular flexibility index (Phi) is 7.19. The number of hydrazone groups is 1. The molecule has 0 saturated heterocycles. The number of nitrogens with zero attached hydrogens (tertiary/aromatic N) is 2. The predicted octanol–water partition coefficient (Wildman–Crippen LogP) is 2.55. The second-order valence-corrected chi connectivity index (χ2v) is 8.02. The second-order valence-electron chi connectivity index (χ2n) is 8.02. The van der Waals surface area contributed by atoms with Crippen molar-refractivity contribution in [3.05, 3.63) is 59.9 Å². The van der Waals surface area contributed by atoms with Crippen molar-refractivity contribution < 1.29 is 18.8 Å². The van der Waals surface area contributed by atoms with E-state index >= 15 is 0 Å². The molecule has 0 spiro atoms. The SMILES string of the molecule is CC(C)CC(=O)Nc1cccc(CNC(=O)C2=NN(c3ccc(F)cc3)C(C(N)=O)C2)c1. The van der Waals surface area contributed by atoms with E-state index in [0.29, 0.717) is 17.8 Å². The van der Waals surface area contributed by atoms with Gasteiger partial charge in [-0.1, -0.05) is 26.0 Å². The summed E-state index contributed by atoms with van der Waals surface area (Å²) in [5.41, 5.74) is 7.53. The van der Waals surface area contributed by atoms with Crippen molar-refractivity contribution in [1.29, 1.82) is 0 Å². The van der Waals surface area contributed by atoms with E-state index in [4.69, 9.17) is 5.73 Å². The molecule has 8 nitrogen and oxygen atoms in total. The fourth-order valence-corrected chi connectivity index (χ4v) is 3.33. The van der Waals surface area contributed by atoms with Crippen molar-refractivity contribution in [2.45, 2.75) is 39.3 Å². The molecule has 1 unspecified atom stereocenters. The lowest BCUT2D eigenvalue weighted by atomic mass is 10.1. The van der Waals surface area contributed by atoms with Gasteiger partial charge < -0.3 is 16.4 Å². The Morgan fingerprint density at radius 3 is 2.56 bits per heavy atom. The number of benzene rings is 2. The highest BCUT2D eigenvalue weighted by Crippen LogP contribution is 2.25. The molecule has 0 saturated carbocycles. The zero-order valence-corrected chi connectivity index (χ0v) is 18.0. The van der Waals surface area contributed by atoms with E-state index in [2.05, 4.69) is 15.7 Å². The maximum atomic E-state index is 13.2. The van der Waals surface area contributed by atoms with Gasteiger partial charge in [0.1, 0.15) is 17.6 Å². The number of nitrogens with two attached hydrogens (primary N) is 1. The highest BCUT2D eigenvalue weighted by atomic mass is 19.1. The number of anilines is 2. The molecule has 1 heterocycles. The minimum Gasteiger partial charge on any atom is -0.368 e. The van der Waals surface area contributed by atoms with Gasteiger partial charge >= 0.3 is 0 Å². The molecular formula is C23H26FN5O3. The molecule has 9 heteroatoms. The van der Waals surface area contributed by atoms with Gasteiger partial charge in [0, 0.05) is 25.1 Å². The molecule has 0 aliphatic carbocycles. The molecule has 32 heavy (non-hydrogen) atoms. The number of primary amides is 1. The quantitative estimate of drug-likeness (QED) is 0.586. The molecular weight excluding hydrogens is 413 g/mol. The van der Waals surface area contributed by atoms with Crippen molar-refractivity contribution >= 4 is 34.8 Å². The summed E-state index contributed by atoms with van der Waals surface area (Å²) in [6, 6.07) is 11.8. The number of hydrogen-bond donors (Lipinski definition) is 3. The number of carbonyl (C=O) groups excluding carboxylic acids is 3. The molecule has 0 radical (unpaired) electrons. The predicted molar refractivity (Wildman–Crippen MR) is 120 cm³/mol. The van der Waals surface area contributed by atoms with Gasteiger partial charge in [-0.2, -0.15) is 5.10 Å². The van der Waals surface area contributed by atoms with Gasteiger partial charge in [-0.3, -0.25) is 19.4 Å². The third kappa shape index (κ3) is 5.90. The van der Waals surface area contributed by atoms with Crippen molar-refractivity contribution in [3.8, 4) is 0 Å². The fourth-order valence-electron chi connectivity index (χ4n) is 3.33. The van der Waals surface area contributed by atoms with Crippen molar-refractivity contribution in [1.82, 2.24) is 5.32 Å². The van der Waals surface area contributed by atoms with Gasteiger partial charge in [-0.15, -0.1) is 0 Å². The molecule has 1 atom stereocenters. The lowest BCUT2D eigenvalue weighted by Gasteiger charge is -2.20. The molecule has 2 aromatic rings. The summed E-state index contributed by atoms with van der Waals surface area (Å²) < 4.78 is 13.2. The van der Waals surface area contributed by atoms with E-state index in [1.165, 1.54) is 29.3 Å². The first-order valence-electron chi connectivity index (χ1n) is 10.3. The van der Waals surface area contributed by atoms with Crippen LogP contribution in [0, 0.1) is 11.7 Å². The molecule has 4 N–H and O–H groups in total. The zero-order valence-electron chi connectivity index (χ0n) is 18.0. The summed E-state index contributed by atoms with van der Waals surface area (Å²) in [5, 5.41) is 11.2. The summed E-state index contributed by atoms with van der Waals surface area (Å²) in [6.07, 6.45) is 0.468. The summed E-state index contributed by atoms with van der Waals surface area (Å²) in [4.78, 5) is 36.5. The maximum absolute atomic E-state index is 13.2. The minimum atomic E-state index is -0.833. The number of nitrogens with one attached hydrogen (secondary N) is 2. The Labute approximate surface area is 185 Å². The Balaban J connectivity index is 1.65. The van der Waals surface area contributed by atoms with Gasteiger partial charge in [0.25, 0.3) is 5.91 Å². The van der Waals surface area contributed by atoms with Crippen LogP contribution in [-0.4, -0.2) is 29.5 Å². The zero-order chi connectivity index (χ0) is 23.3. The van der Waals surface area contributed by atoms with Crippen LogP contribution in [0.4, 0.5) is 15.8 Å². The molecule has 0 fully saturated rings. The van der Waals surface area contributed by atoms with E-state index in [1.54, 1.807) is 18.2 Å². The second kappa shape index (κ2) is 10.0. The van der Waals surface area contributed by atoms with E-state index in [0.717, 1.165) is 5.56 Å². The summed E-state index contributed by atoms with van der Waals surface area (Å²) >= 11 is 0. The van der Waals surface area contributed by atoms with Crippen LogP contribution >= 0.6 is 0 Å². The van der Waals surface area contributed by atoms with Crippen LogP contribution in [-0.2, 0) is 20.9 Å². The van der Waals surface area contributed by atoms with Gasteiger partial charge in [-0.25, -0.2) is 4.39 Å². The Morgan fingerprint density at radius 1 is 1.19 bits per heavy atom. The molecule has 1 aliphatic rings. The lowest BCUT2D eigenvalue weighted by molar-refractivity contribution is -0.119. The van der Waals surface area contributed by atoms with E-state index in [-0.39, 0.29) is 30.5 Å². The average Bonchev–Trinajstić information content (AvgIpc) is 3.18. The van der Waals surface area contributed by atoms with Crippen LogP contribution in [0.5, 0.6) is 0 Å². The molecule has 3 rings (SSSR count). The summed E-state index contributed by atoms with van der Waals surface area (Å²) in [6.45, 7) is 4.15. The molecule has 3 amide bonds. The number of halogens is 1. The van der Waals surface area contributed by atoms with Crippen LogP contribution in [0.15, 0.2) is 53.6 Å². The summed E-state index contributed by atoms with van der Waals surface area (Å²) in [5.74, 6) is -1.31. The summed E-state index contributed by atoms with van der Waals surface area (Å²) in [7, 11) is 0. The van der Waals surface area contributed by atoms with Crippen LogP contribution in [0.3, 0.4) is 0 Å². The smallest absolute Gasteiger partial charge is 0.267 e. The Bertz CT molecular complexity index is 1040.